The summed E-state index contributed by atoms with van der Waals surface area (Å²) < 4.78 is 14.1. The van der Waals surface area contributed by atoms with Crippen LogP contribution in [0.3, 0.4) is 0 Å². The highest BCUT2D eigenvalue weighted by molar-refractivity contribution is 7.20. The second-order valence-corrected chi connectivity index (χ2v) is 9.10. The minimum absolute atomic E-state index is 0.0156. The van der Waals surface area contributed by atoms with Crippen molar-refractivity contribution in [2.45, 2.75) is 32.1 Å². The summed E-state index contributed by atoms with van der Waals surface area (Å²) in [5.41, 5.74) is 0.547. The average Bonchev–Trinajstić information content (AvgIpc) is 3.24. The Bertz CT molecular complexity index is 1010. The fraction of sp³-hybridized carbons (Fsp3) is 0.375. The Morgan fingerprint density at radius 1 is 1.13 bits per heavy atom. The Kier molecular flexibility index (Phi) is 6.92. The maximum atomic E-state index is 13.0. The van der Waals surface area contributed by atoms with Crippen molar-refractivity contribution in [3.05, 3.63) is 65.0 Å². The number of thiophene rings is 1. The zero-order valence-corrected chi connectivity index (χ0v) is 18.2. The summed E-state index contributed by atoms with van der Waals surface area (Å²) in [4.78, 5) is 31.5. The molecule has 1 aliphatic heterocycles. The number of nitrogens with one attached hydrogen (secondary N) is 1. The molecule has 5 nitrogen and oxygen atoms in total. The Labute approximate surface area is 185 Å². The van der Waals surface area contributed by atoms with Crippen LogP contribution >= 0.6 is 11.3 Å². The number of piperidine rings is 1. The molecular formula is C24H26FN3O2S. The lowest BCUT2D eigenvalue weighted by Crippen LogP contribution is -2.38. The van der Waals surface area contributed by atoms with Gasteiger partial charge in [0, 0.05) is 37.6 Å². The van der Waals surface area contributed by atoms with Crippen molar-refractivity contribution >= 4 is 33.2 Å². The van der Waals surface area contributed by atoms with Gasteiger partial charge in [-0.3, -0.25) is 14.6 Å². The molecular weight excluding hydrogens is 413 g/mol. The molecule has 1 aromatic carbocycles. The van der Waals surface area contributed by atoms with Gasteiger partial charge >= 0.3 is 0 Å². The van der Waals surface area contributed by atoms with Crippen molar-refractivity contribution in [3.8, 4) is 0 Å². The molecule has 1 N–H and O–H groups in total. The third-order valence-electron chi connectivity index (χ3n) is 5.86. The van der Waals surface area contributed by atoms with Crippen LogP contribution in [0, 0.1) is 11.7 Å². The van der Waals surface area contributed by atoms with Crippen LogP contribution in [0.15, 0.2) is 48.8 Å². The summed E-state index contributed by atoms with van der Waals surface area (Å²) >= 11 is 1.47. The van der Waals surface area contributed by atoms with Crippen LogP contribution in [0.5, 0.6) is 0 Å². The van der Waals surface area contributed by atoms with Gasteiger partial charge in [-0.2, -0.15) is 0 Å². The van der Waals surface area contributed by atoms with Crippen molar-refractivity contribution in [2.75, 3.05) is 19.6 Å². The number of fused-ring (bicyclic) bond motifs is 1. The molecule has 0 radical (unpaired) electrons. The molecule has 0 atom stereocenters. The number of unbranched alkanes of at least 4 members (excludes halogenated alkanes) is 1. The van der Waals surface area contributed by atoms with Crippen molar-refractivity contribution in [1.29, 1.82) is 0 Å². The van der Waals surface area contributed by atoms with Crippen LogP contribution in [0.4, 0.5) is 4.39 Å². The molecule has 2 aromatic heterocycles. The van der Waals surface area contributed by atoms with Crippen molar-refractivity contribution in [2.24, 2.45) is 5.92 Å². The fourth-order valence-electron chi connectivity index (χ4n) is 4.04. The third-order valence-corrected chi connectivity index (χ3v) is 6.95. The molecule has 3 aromatic rings. The number of likely N-dealkylation sites (tertiary alicyclic amines) is 1. The first-order valence-corrected chi connectivity index (χ1v) is 11.6. The van der Waals surface area contributed by atoms with E-state index in [-0.39, 0.29) is 17.6 Å². The van der Waals surface area contributed by atoms with Gasteiger partial charge in [-0.05, 0) is 67.0 Å². The maximum absolute atomic E-state index is 13.0. The predicted octanol–water partition coefficient (Wildman–Crippen LogP) is 4.89. The molecule has 162 valence electrons. The lowest BCUT2D eigenvalue weighted by Gasteiger charge is -2.32. The van der Waals surface area contributed by atoms with Gasteiger partial charge in [0.05, 0.1) is 9.58 Å². The summed E-state index contributed by atoms with van der Waals surface area (Å²) in [6.07, 6.45) is 8.64. The minimum atomic E-state index is -0.326. The van der Waals surface area contributed by atoms with Gasteiger partial charge in [0.15, 0.2) is 0 Å². The zero-order valence-electron chi connectivity index (χ0n) is 17.4. The summed E-state index contributed by atoms with van der Waals surface area (Å²) in [7, 11) is 0. The Morgan fingerprint density at radius 2 is 1.90 bits per heavy atom. The van der Waals surface area contributed by atoms with E-state index in [1.54, 1.807) is 24.5 Å². The quantitative estimate of drug-likeness (QED) is 0.533. The first-order valence-electron chi connectivity index (χ1n) is 10.8. The second-order valence-electron chi connectivity index (χ2n) is 8.02. The molecule has 3 heterocycles. The average molecular weight is 440 g/mol. The first kappa shape index (κ1) is 21.4. The van der Waals surface area contributed by atoms with Crippen LogP contribution in [0.25, 0.3) is 10.1 Å². The monoisotopic (exact) mass is 439 g/mol. The molecule has 0 bridgehead atoms. The molecule has 2 amide bonds. The van der Waals surface area contributed by atoms with E-state index in [0.717, 1.165) is 60.2 Å². The third kappa shape index (κ3) is 5.47. The Hall–Kier alpha value is -2.80. The van der Waals surface area contributed by atoms with Gasteiger partial charge in [-0.1, -0.05) is 12.8 Å². The molecule has 31 heavy (non-hydrogen) atoms. The number of carbonyl (C=O) groups excluding carboxylic acids is 2. The molecule has 1 aliphatic rings. The van der Waals surface area contributed by atoms with Crippen LogP contribution in [0.1, 0.15) is 52.1 Å². The molecule has 0 unspecified atom stereocenters. The van der Waals surface area contributed by atoms with Crippen LogP contribution in [-0.4, -0.2) is 41.3 Å². The smallest absolute Gasteiger partial charge is 0.261 e. The fourth-order valence-corrected chi connectivity index (χ4v) is 4.99. The van der Waals surface area contributed by atoms with Crippen molar-refractivity contribution < 1.29 is 14.0 Å². The van der Waals surface area contributed by atoms with E-state index < -0.39 is 0 Å². The van der Waals surface area contributed by atoms with Crippen molar-refractivity contribution in [3.63, 3.8) is 0 Å². The highest BCUT2D eigenvalue weighted by Gasteiger charge is 2.23. The summed E-state index contributed by atoms with van der Waals surface area (Å²) in [5, 5.41) is 4.06. The number of rotatable bonds is 7. The lowest BCUT2D eigenvalue weighted by atomic mass is 9.91. The molecule has 7 heteroatoms. The van der Waals surface area contributed by atoms with Crippen LogP contribution < -0.4 is 5.32 Å². The number of carbonyl (C=O) groups is 2. The number of benzene rings is 1. The van der Waals surface area contributed by atoms with Gasteiger partial charge < -0.3 is 10.2 Å². The largest absolute Gasteiger partial charge is 0.351 e. The SMILES string of the molecule is O=C(NCCCCC1CCN(C(=O)c2ccc(F)cc2)CC1)c1cc2ccncc2s1. The van der Waals surface area contributed by atoms with Gasteiger partial charge in [0.2, 0.25) is 0 Å². The standard InChI is InChI=1S/C24H26FN3O2S/c25-20-6-4-18(5-7-20)24(30)28-13-9-17(10-14-28)3-1-2-11-27-23(29)21-15-19-8-12-26-16-22(19)31-21/h4-8,12,15-17H,1-3,9-11,13-14H2,(H,27,29). The number of hydrogen-bond donors (Lipinski definition) is 1. The molecule has 0 aliphatic carbocycles. The van der Waals surface area contributed by atoms with Gasteiger partial charge in [0.1, 0.15) is 5.82 Å². The number of aromatic nitrogens is 1. The summed E-state index contributed by atoms with van der Waals surface area (Å²) in [6.45, 7) is 2.17. The number of pyridine rings is 1. The Morgan fingerprint density at radius 3 is 2.65 bits per heavy atom. The number of amides is 2. The van der Waals surface area contributed by atoms with E-state index in [2.05, 4.69) is 10.3 Å². The molecule has 1 fully saturated rings. The van der Waals surface area contributed by atoms with Gasteiger partial charge in [-0.15, -0.1) is 11.3 Å². The molecule has 0 spiro atoms. The topological polar surface area (TPSA) is 62.3 Å². The van der Waals surface area contributed by atoms with E-state index in [9.17, 15) is 14.0 Å². The van der Waals surface area contributed by atoms with E-state index >= 15 is 0 Å². The van der Waals surface area contributed by atoms with E-state index in [0.29, 0.717) is 18.0 Å². The van der Waals surface area contributed by atoms with Crippen LogP contribution in [0.2, 0.25) is 0 Å². The Balaban J connectivity index is 1.13. The number of nitrogens with zero attached hydrogens (tertiary/aromatic N) is 2. The number of halogens is 1. The van der Waals surface area contributed by atoms with E-state index in [4.69, 9.17) is 0 Å². The number of hydrogen-bond acceptors (Lipinski definition) is 4. The highest BCUT2D eigenvalue weighted by Crippen LogP contribution is 2.25. The normalized spacial score (nSPS) is 14.7. The van der Waals surface area contributed by atoms with Crippen LogP contribution in [-0.2, 0) is 0 Å². The highest BCUT2D eigenvalue weighted by atomic mass is 32.1. The lowest BCUT2D eigenvalue weighted by molar-refractivity contribution is 0.0685. The summed E-state index contributed by atoms with van der Waals surface area (Å²) in [5.74, 6) is 0.252. The van der Waals surface area contributed by atoms with Gasteiger partial charge in [0.25, 0.3) is 11.8 Å². The minimum Gasteiger partial charge on any atom is -0.351 e. The second kappa shape index (κ2) is 10.0. The van der Waals surface area contributed by atoms with Crippen molar-refractivity contribution in [1.82, 2.24) is 15.2 Å². The van der Waals surface area contributed by atoms with E-state index in [1.807, 2.05) is 17.0 Å². The maximum Gasteiger partial charge on any atom is 0.261 e. The molecule has 0 saturated carbocycles. The first-order chi connectivity index (χ1) is 15.1. The summed E-state index contributed by atoms with van der Waals surface area (Å²) in [6, 6.07) is 9.59. The van der Waals surface area contributed by atoms with E-state index in [1.165, 1.54) is 23.5 Å². The van der Waals surface area contributed by atoms with Gasteiger partial charge in [-0.25, -0.2) is 4.39 Å². The molecule has 1 saturated heterocycles. The predicted molar refractivity (Wildman–Crippen MR) is 121 cm³/mol. The molecule has 4 rings (SSSR count). The zero-order chi connectivity index (χ0) is 21.6.